The van der Waals surface area contributed by atoms with Gasteiger partial charge in [-0.2, -0.15) is 0 Å². The number of Topliss-reactive ketones (excluding diaryl/α,β-unsaturated/α-hetero) is 1. The van der Waals surface area contributed by atoms with Crippen molar-refractivity contribution in [2.24, 2.45) is 0 Å². The monoisotopic (exact) mass is 259 g/mol. The quantitative estimate of drug-likeness (QED) is 0.835. The van der Waals surface area contributed by atoms with E-state index in [1.54, 1.807) is 24.3 Å². The molecule has 0 saturated heterocycles. The van der Waals surface area contributed by atoms with Crippen molar-refractivity contribution < 1.29 is 4.79 Å². The van der Waals surface area contributed by atoms with Crippen LogP contribution in [-0.2, 0) is 6.54 Å². The maximum atomic E-state index is 11.8. The highest BCUT2D eigenvalue weighted by Gasteiger charge is 2.04. The zero-order chi connectivity index (χ0) is 12.8. The average molecular weight is 260 g/mol. The van der Waals surface area contributed by atoms with Crippen LogP contribution in [0.2, 0.25) is 5.02 Å². The minimum absolute atomic E-state index is 0.0718. The van der Waals surface area contributed by atoms with Gasteiger partial charge in [-0.1, -0.05) is 41.9 Å². The molecule has 2 rings (SSSR count). The number of ketones is 1. The Balaban J connectivity index is 1.84. The van der Waals surface area contributed by atoms with Gasteiger partial charge in [0.1, 0.15) is 0 Å². The molecule has 92 valence electrons. The highest BCUT2D eigenvalue weighted by molar-refractivity contribution is 6.30. The Kier molecular flexibility index (Phi) is 4.51. The molecule has 1 N–H and O–H groups in total. The number of hydrogen-bond donors (Lipinski definition) is 1. The minimum atomic E-state index is 0.0718. The first-order valence-corrected chi connectivity index (χ1v) is 6.17. The standard InChI is InChI=1S/C15H14ClNO/c16-14-8-6-13(7-9-14)15(18)11-17-10-12-4-2-1-3-5-12/h1-9,17H,10-11H2. The van der Waals surface area contributed by atoms with Crippen molar-refractivity contribution in [2.45, 2.75) is 6.54 Å². The van der Waals surface area contributed by atoms with Crippen molar-refractivity contribution in [3.05, 3.63) is 70.7 Å². The van der Waals surface area contributed by atoms with Crippen LogP contribution in [0, 0.1) is 0 Å². The lowest BCUT2D eigenvalue weighted by Gasteiger charge is -2.04. The molecule has 0 aromatic heterocycles. The van der Waals surface area contributed by atoms with Gasteiger partial charge in [0.15, 0.2) is 5.78 Å². The second-order valence-corrected chi connectivity index (χ2v) is 4.46. The van der Waals surface area contributed by atoms with Gasteiger partial charge in [-0.05, 0) is 29.8 Å². The molecule has 0 saturated carbocycles. The van der Waals surface area contributed by atoms with Crippen LogP contribution in [0.15, 0.2) is 54.6 Å². The van der Waals surface area contributed by atoms with Gasteiger partial charge in [0.25, 0.3) is 0 Å². The Morgan fingerprint density at radius 1 is 1.00 bits per heavy atom. The highest BCUT2D eigenvalue weighted by Crippen LogP contribution is 2.09. The summed E-state index contributed by atoms with van der Waals surface area (Å²) in [5.74, 6) is 0.0718. The van der Waals surface area contributed by atoms with Gasteiger partial charge in [0, 0.05) is 17.1 Å². The molecule has 2 aromatic rings. The molecule has 0 bridgehead atoms. The maximum absolute atomic E-state index is 11.8. The number of nitrogens with one attached hydrogen (secondary N) is 1. The fourth-order valence-electron chi connectivity index (χ4n) is 1.65. The topological polar surface area (TPSA) is 29.1 Å². The summed E-state index contributed by atoms with van der Waals surface area (Å²) < 4.78 is 0. The summed E-state index contributed by atoms with van der Waals surface area (Å²) in [5, 5.41) is 3.77. The molecule has 0 aliphatic heterocycles. The number of carbonyl (C=O) groups is 1. The van der Waals surface area contributed by atoms with Gasteiger partial charge in [-0.3, -0.25) is 4.79 Å². The van der Waals surface area contributed by atoms with Crippen molar-refractivity contribution in [3.8, 4) is 0 Å². The largest absolute Gasteiger partial charge is 0.306 e. The lowest BCUT2D eigenvalue weighted by atomic mass is 10.1. The smallest absolute Gasteiger partial charge is 0.176 e. The average Bonchev–Trinajstić information content (AvgIpc) is 2.40. The Morgan fingerprint density at radius 2 is 1.67 bits per heavy atom. The van der Waals surface area contributed by atoms with Crippen molar-refractivity contribution in [2.75, 3.05) is 6.54 Å². The third-order valence-corrected chi connectivity index (χ3v) is 2.88. The molecule has 3 heteroatoms. The molecular weight excluding hydrogens is 246 g/mol. The summed E-state index contributed by atoms with van der Waals surface area (Å²) in [6.45, 7) is 1.02. The molecule has 0 spiro atoms. The van der Waals surface area contributed by atoms with Gasteiger partial charge >= 0.3 is 0 Å². The first-order valence-electron chi connectivity index (χ1n) is 5.79. The van der Waals surface area contributed by atoms with E-state index in [2.05, 4.69) is 5.32 Å². The molecule has 0 radical (unpaired) electrons. The fraction of sp³-hybridized carbons (Fsp3) is 0.133. The highest BCUT2D eigenvalue weighted by atomic mass is 35.5. The van der Waals surface area contributed by atoms with E-state index >= 15 is 0 Å². The summed E-state index contributed by atoms with van der Waals surface area (Å²) in [6.07, 6.45) is 0. The van der Waals surface area contributed by atoms with Crippen molar-refractivity contribution in [3.63, 3.8) is 0 Å². The Hall–Kier alpha value is -1.64. The third-order valence-electron chi connectivity index (χ3n) is 2.62. The van der Waals surface area contributed by atoms with Crippen LogP contribution in [0.4, 0.5) is 0 Å². The van der Waals surface area contributed by atoms with Gasteiger partial charge in [0.2, 0.25) is 0 Å². The normalized spacial score (nSPS) is 10.3. The first-order chi connectivity index (χ1) is 8.75. The van der Waals surface area contributed by atoms with Gasteiger partial charge in [0.05, 0.1) is 6.54 Å². The molecule has 18 heavy (non-hydrogen) atoms. The first kappa shape index (κ1) is 12.8. The summed E-state index contributed by atoms with van der Waals surface area (Å²) in [4.78, 5) is 11.8. The van der Waals surface area contributed by atoms with Crippen LogP contribution in [-0.4, -0.2) is 12.3 Å². The molecular formula is C15H14ClNO. The van der Waals surface area contributed by atoms with E-state index in [-0.39, 0.29) is 5.78 Å². The number of hydrogen-bond acceptors (Lipinski definition) is 2. The van der Waals surface area contributed by atoms with Gasteiger partial charge < -0.3 is 5.32 Å². The molecule has 0 unspecified atom stereocenters. The van der Waals surface area contributed by atoms with E-state index in [4.69, 9.17) is 11.6 Å². The number of rotatable bonds is 5. The lowest BCUT2D eigenvalue weighted by Crippen LogP contribution is -2.22. The number of halogens is 1. The number of benzene rings is 2. The zero-order valence-corrected chi connectivity index (χ0v) is 10.7. The molecule has 0 atom stereocenters. The van der Waals surface area contributed by atoms with Crippen LogP contribution in [0.25, 0.3) is 0 Å². The van der Waals surface area contributed by atoms with E-state index in [0.29, 0.717) is 23.7 Å². The molecule has 2 nitrogen and oxygen atoms in total. The predicted octanol–water partition coefficient (Wildman–Crippen LogP) is 3.31. The summed E-state index contributed by atoms with van der Waals surface area (Å²) in [5.41, 5.74) is 1.85. The van der Waals surface area contributed by atoms with Crippen LogP contribution >= 0.6 is 11.6 Å². The summed E-state index contributed by atoms with van der Waals surface area (Å²) >= 11 is 5.77. The summed E-state index contributed by atoms with van der Waals surface area (Å²) in [6, 6.07) is 16.9. The zero-order valence-electron chi connectivity index (χ0n) is 9.90. The Labute approximate surface area is 112 Å². The molecule has 0 amide bonds. The fourth-order valence-corrected chi connectivity index (χ4v) is 1.78. The molecule has 2 aromatic carbocycles. The van der Waals surface area contributed by atoms with Gasteiger partial charge in [-0.25, -0.2) is 0 Å². The molecule has 0 fully saturated rings. The Morgan fingerprint density at radius 3 is 2.33 bits per heavy atom. The second-order valence-electron chi connectivity index (χ2n) is 4.02. The Bertz CT molecular complexity index is 508. The van der Waals surface area contributed by atoms with Crippen molar-refractivity contribution in [1.82, 2.24) is 5.32 Å². The lowest BCUT2D eigenvalue weighted by molar-refractivity contribution is 0.0991. The second kappa shape index (κ2) is 6.34. The maximum Gasteiger partial charge on any atom is 0.176 e. The van der Waals surface area contributed by atoms with E-state index in [9.17, 15) is 4.79 Å². The van der Waals surface area contributed by atoms with Crippen LogP contribution < -0.4 is 5.32 Å². The SMILES string of the molecule is O=C(CNCc1ccccc1)c1ccc(Cl)cc1. The van der Waals surface area contributed by atoms with Crippen LogP contribution in [0.5, 0.6) is 0 Å². The summed E-state index contributed by atoms with van der Waals surface area (Å²) in [7, 11) is 0. The van der Waals surface area contributed by atoms with Crippen molar-refractivity contribution >= 4 is 17.4 Å². The van der Waals surface area contributed by atoms with E-state index in [1.807, 2.05) is 30.3 Å². The minimum Gasteiger partial charge on any atom is -0.306 e. The molecule has 0 aliphatic carbocycles. The van der Waals surface area contributed by atoms with Crippen LogP contribution in [0.1, 0.15) is 15.9 Å². The molecule has 0 aliphatic rings. The third kappa shape index (κ3) is 3.69. The van der Waals surface area contributed by atoms with E-state index in [0.717, 1.165) is 0 Å². The van der Waals surface area contributed by atoms with E-state index < -0.39 is 0 Å². The molecule has 0 heterocycles. The predicted molar refractivity (Wildman–Crippen MR) is 73.9 cm³/mol. The van der Waals surface area contributed by atoms with Crippen molar-refractivity contribution in [1.29, 1.82) is 0 Å². The van der Waals surface area contributed by atoms with Crippen LogP contribution in [0.3, 0.4) is 0 Å². The number of carbonyl (C=O) groups excluding carboxylic acids is 1. The van der Waals surface area contributed by atoms with E-state index in [1.165, 1.54) is 5.56 Å². The van der Waals surface area contributed by atoms with Gasteiger partial charge in [-0.15, -0.1) is 0 Å².